The standard InChI is InChI=1S/C22H32N6O/c1-4-16-5-7-17(8-6-16)12-27-13-18-11-20-24-25-21(28(20)15-19(18)14-27)22(29)23-9-10-26(2)3/h5-8,18-19H,4,9-15H2,1-3H3,(H,23,29)/t18-,19+/m0/s1. The number of amides is 1. The van der Waals surface area contributed by atoms with Crippen LogP contribution in [0.1, 0.15) is 34.5 Å². The summed E-state index contributed by atoms with van der Waals surface area (Å²) < 4.78 is 2.05. The first-order valence-corrected chi connectivity index (χ1v) is 10.7. The molecule has 2 aliphatic heterocycles. The lowest BCUT2D eigenvalue weighted by atomic mass is 9.89. The predicted molar refractivity (Wildman–Crippen MR) is 113 cm³/mol. The molecule has 7 nitrogen and oxygen atoms in total. The average Bonchev–Trinajstić information content (AvgIpc) is 3.28. The van der Waals surface area contributed by atoms with Gasteiger partial charge in [-0.2, -0.15) is 0 Å². The van der Waals surface area contributed by atoms with Crippen molar-refractivity contribution in [1.29, 1.82) is 0 Å². The molecule has 0 spiro atoms. The van der Waals surface area contributed by atoms with Gasteiger partial charge in [0.05, 0.1) is 0 Å². The lowest BCUT2D eigenvalue weighted by molar-refractivity contribution is 0.0932. The summed E-state index contributed by atoms with van der Waals surface area (Å²) in [6.07, 6.45) is 1.99. The highest BCUT2D eigenvalue weighted by Crippen LogP contribution is 2.33. The van der Waals surface area contributed by atoms with Crippen molar-refractivity contribution in [3.63, 3.8) is 0 Å². The van der Waals surface area contributed by atoms with Crippen molar-refractivity contribution < 1.29 is 4.79 Å². The van der Waals surface area contributed by atoms with Crippen molar-refractivity contribution in [2.75, 3.05) is 40.3 Å². The molecule has 1 aromatic heterocycles. The molecule has 29 heavy (non-hydrogen) atoms. The van der Waals surface area contributed by atoms with E-state index in [0.717, 1.165) is 51.4 Å². The molecule has 1 N–H and O–H groups in total. The number of rotatable bonds is 7. The first kappa shape index (κ1) is 20.0. The van der Waals surface area contributed by atoms with Crippen LogP contribution in [0.2, 0.25) is 0 Å². The van der Waals surface area contributed by atoms with Crippen LogP contribution in [-0.4, -0.2) is 70.7 Å². The molecule has 7 heteroatoms. The lowest BCUT2D eigenvalue weighted by Gasteiger charge is -2.25. The SMILES string of the molecule is CCc1ccc(CN2C[C@@H]3Cn4c(nnc4C(=O)NCCN(C)C)C[C@H]3C2)cc1. The number of carbonyl (C=O) groups excluding carboxylic acids is 1. The Morgan fingerprint density at radius 3 is 2.55 bits per heavy atom. The summed E-state index contributed by atoms with van der Waals surface area (Å²) in [4.78, 5) is 17.1. The Balaban J connectivity index is 1.37. The number of hydrogen-bond acceptors (Lipinski definition) is 5. The van der Waals surface area contributed by atoms with E-state index < -0.39 is 0 Å². The van der Waals surface area contributed by atoms with Crippen LogP contribution in [0.25, 0.3) is 0 Å². The minimum Gasteiger partial charge on any atom is -0.348 e. The second-order valence-corrected chi connectivity index (χ2v) is 8.70. The summed E-state index contributed by atoms with van der Waals surface area (Å²) in [5.41, 5.74) is 2.76. The van der Waals surface area contributed by atoms with Gasteiger partial charge in [-0.05, 0) is 43.5 Å². The van der Waals surface area contributed by atoms with Gasteiger partial charge in [-0.1, -0.05) is 31.2 Å². The molecule has 156 valence electrons. The summed E-state index contributed by atoms with van der Waals surface area (Å²) in [7, 11) is 3.99. The Kier molecular flexibility index (Phi) is 5.96. The third-order valence-corrected chi connectivity index (χ3v) is 6.23. The molecule has 0 saturated carbocycles. The minimum absolute atomic E-state index is 0.116. The van der Waals surface area contributed by atoms with Crippen molar-refractivity contribution in [1.82, 2.24) is 29.9 Å². The van der Waals surface area contributed by atoms with Crippen molar-refractivity contribution in [2.24, 2.45) is 11.8 Å². The van der Waals surface area contributed by atoms with Crippen LogP contribution in [0.5, 0.6) is 0 Å². The minimum atomic E-state index is -0.116. The van der Waals surface area contributed by atoms with Gasteiger partial charge in [-0.3, -0.25) is 9.69 Å². The molecular formula is C22H32N6O. The highest BCUT2D eigenvalue weighted by atomic mass is 16.2. The third-order valence-electron chi connectivity index (χ3n) is 6.23. The maximum absolute atomic E-state index is 12.5. The second-order valence-electron chi connectivity index (χ2n) is 8.70. The van der Waals surface area contributed by atoms with Gasteiger partial charge < -0.3 is 14.8 Å². The molecule has 1 saturated heterocycles. The summed E-state index contributed by atoms with van der Waals surface area (Å²) in [5.74, 6) is 2.46. The normalized spacial score (nSPS) is 21.2. The number of likely N-dealkylation sites (tertiary alicyclic amines) is 1. The van der Waals surface area contributed by atoms with Gasteiger partial charge in [0.15, 0.2) is 0 Å². The van der Waals surface area contributed by atoms with Crippen LogP contribution in [0, 0.1) is 11.8 Å². The summed E-state index contributed by atoms with van der Waals surface area (Å²) >= 11 is 0. The van der Waals surface area contributed by atoms with E-state index in [9.17, 15) is 4.79 Å². The molecule has 3 heterocycles. The quantitative estimate of drug-likeness (QED) is 0.767. The van der Waals surface area contributed by atoms with Crippen LogP contribution < -0.4 is 5.32 Å². The fourth-order valence-corrected chi connectivity index (χ4v) is 4.53. The molecule has 0 unspecified atom stereocenters. The van der Waals surface area contributed by atoms with Crippen LogP contribution in [0.15, 0.2) is 24.3 Å². The van der Waals surface area contributed by atoms with Crippen molar-refractivity contribution >= 4 is 5.91 Å². The fourth-order valence-electron chi connectivity index (χ4n) is 4.53. The van der Waals surface area contributed by atoms with E-state index in [1.807, 2.05) is 23.6 Å². The zero-order chi connectivity index (χ0) is 20.4. The van der Waals surface area contributed by atoms with Gasteiger partial charge in [0.25, 0.3) is 5.91 Å². The monoisotopic (exact) mass is 396 g/mol. The number of nitrogens with one attached hydrogen (secondary N) is 1. The van der Waals surface area contributed by atoms with E-state index in [4.69, 9.17) is 0 Å². The summed E-state index contributed by atoms with van der Waals surface area (Å²) in [6.45, 7) is 7.62. The topological polar surface area (TPSA) is 66.3 Å². The molecule has 2 aliphatic rings. The van der Waals surface area contributed by atoms with Crippen LogP contribution in [0.4, 0.5) is 0 Å². The molecule has 4 rings (SSSR count). The second kappa shape index (κ2) is 8.63. The number of nitrogens with zero attached hydrogens (tertiary/aromatic N) is 5. The number of fused-ring (bicyclic) bond motifs is 2. The Hall–Kier alpha value is -2.25. The molecule has 2 atom stereocenters. The zero-order valence-corrected chi connectivity index (χ0v) is 17.8. The van der Waals surface area contributed by atoms with Gasteiger partial charge in [0.1, 0.15) is 5.82 Å². The van der Waals surface area contributed by atoms with Gasteiger partial charge in [0, 0.05) is 45.7 Å². The van der Waals surface area contributed by atoms with Crippen LogP contribution in [-0.2, 0) is 25.9 Å². The molecule has 0 radical (unpaired) electrons. The molecule has 1 aromatic carbocycles. The van der Waals surface area contributed by atoms with Crippen molar-refractivity contribution in [3.05, 3.63) is 47.0 Å². The molecular weight excluding hydrogens is 364 g/mol. The highest BCUT2D eigenvalue weighted by Gasteiger charge is 2.39. The lowest BCUT2D eigenvalue weighted by Crippen LogP contribution is -2.35. The van der Waals surface area contributed by atoms with Crippen molar-refractivity contribution in [2.45, 2.75) is 32.9 Å². The Bertz CT molecular complexity index is 843. The summed E-state index contributed by atoms with van der Waals surface area (Å²) in [5, 5.41) is 11.5. The third kappa shape index (κ3) is 4.51. The molecule has 0 aliphatic carbocycles. The van der Waals surface area contributed by atoms with Crippen LogP contribution in [0.3, 0.4) is 0 Å². The number of carbonyl (C=O) groups is 1. The molecule has 1 fully saturated rings. The zero-order valence-electron chi connectivity index (χ0n) is 17.8. The first-order valence-electron chi connectivity index (χ1n) is 10.7. The fraction of sp³-hybridized carbons (Fsp3) is 0.591. The van der Waals surface area contributed by atoms with E-state index in [2.05, 4.69) is 51.6 Å². The number of aromatic nitrogens is 3. The maximum atomic E-state index is 12.5. The smallest absolute Gasteiger partial charge is 0.289 e. The van der Waals surface area contributed by atoms with E-state index in [0.29, 0.717) is 24.2 Å². The van der Waals surface area contributed by atoms with Crippen molar-refractivity contribution in [3.8, 4) is 0 Å². The largest absolute Gasteiger partial charge is 0.348 e. The summed E-state index contributed by atoms with van der Waals surface area (Å²) in [6, 6.07) is 8.99. The van der Waals surface area contributed by atoms with Gasteiger partial charge >= 0.3 is 0 Å². The molecule has 1 amide bonds. The number of benzene rings is 1. The number of likely N-dealkylation sites (N-methyl/N-ethyl adjacent to an activating group) is 1. The Morgan fingerprint density at radius 1 is 1.10 bits per heavy atom. The number of hydrogen-bond donors (Lipinski definition) is 1. The van der Waals surface area contributed by atoms with Gasteiger partial charge in [0.2, 0.25) is 5.82 Å². The van der Waals surface area contributed by atoms with E-state index >= 15 is 0 Å². The van der Waals surface area contributed by atoms with Gasteiger partial charge in [-0.25, -0.2) is 0 Å². The van der Waals surface area contributed by atoms with E-state index in [1.54, 1.807) is 0 Å². The number of aryl methyl sites for hydroxylation is 1. The molecule has 0 bridgehead atoms. The van der Waals surface area contributed by atoms with Crippen LogP contribution >= 0.6 is 0 Å². The Morgan fingerprint density at radius 2 is 1.83 bits per heavy atom. The highest BCUT2D eigenvalue weighted by molar-refractivity contribution is 5.90. The first-order chi connectivity index (χ1) is 14.0. The Labute approximate surface area is 173 Å². The predicted octanol–water partition coefficient (Wildman–Crippen LogP) is 1.44. The molecule has 2 aromatic rings. The maximum Gasteiger partial charge on any atom is 0.289 e. The van der Waals surface area contributed by atoms with E-state index in [1.165, 1.54) is 11.1 Å². The van der Waals surface area contributed by atoms with E-state index in [-0.39, 0.29) is 5.91 Å². The average molecular weight is 397 g/mol. The van der Waals surface area contributed by atoms with Gasteiger partial charge in [-0.15, -0.1) is 10.2 Å².